The van der Waals surface area contributed by atoms with Gasteiger partial charge < -0.3 is 0 Å². The van der Waals surface area contributed by atoms with Crippen LogP contribution in [0.3, 0.4) is 0 Å². The molecule has 0 bridgehead atoms. The lowest BCUT2D eigenvalue weighted by Crippen LogP contribution is -2.07. The van der Waals surface area contributed by atoms with Crippen molar-refractivity contribution in [3.63, 3.8) is 0 Å². The van der Waals surface area contributed by atoms with E-state index >= 15 is 0 Å². The first-order valence-corrected chi connectivity index (χ1v) is 7.43. The molecular formula is C11H10ClF3OS2. The SMILES string of the molecule is CSc1ccc(SC(F)(F)F)c(CC(=O)CCl)c1. The van der Waals surface area contributed by atoms with Crippen molar-refractivity contribution in [1.82, 2.24) is 0 Å². The predicted octanol–water partition coefficient (Wildman–Crippen LogP) is 4.37. The summed E-state index contributed by atoms with van der Waals surface area (Å²) in [5, 5.41) is 0. The summed E-state index contributed by atoms with van der Waals surface area (Å²) in [5.41, 5.74) is -3.99. The third-order valence-corrected chi connectivity index (χ3v) is 3.90. The highest BCUT2D eigenvalue weighted by atomic mass is 35.5. The van der Waals surface area contributed by atoms with Crippen LogP contribution in [-0.2, 0) is 11.2 Å². The minimum Gasteiger partial charge on any atom is -0.298 e. The van der Waals surface area contributed by atoms with E-state index in [1.54, 1.807) is 12.1 Å². The van der Waals surface area contributed by atoms with Gasteiger partial charge in [-0.2, -0.15) is 13.2 Å². The standard InChI is InChI=1S/C11H10ClF3OS2/c1-17-9-2-3-10(18-11(13,14)15)7(5-9)4-8(16)6-12/h2-3,5H,4,6H2,1H3. The van der Waals surface area contributed by atoms with E-state index in [0.29, 0.717) is 5.56 Å². The summed E-state index contributed by atoms with van der Waals surface area (Å²) in [6.07, 6.45) is 1.75. The Bertz CT molecular complexity index is 435. The Hall–Kier alpha value is -0.330. The molecule has 100 valence electrons. The lowest BCUT2D eigenvalue weighted by Gasteiger charge is -2.11. The largest absolute Gasteiger partial charge is 0.446 e. The fraction of sp³-hybridized carbons (Fsp3) is 0.364. The van der Waals surface area contributed by atoms with Crippen LogP contribution in [0.1, 0.15) is 5.56 Å². The van der Waals surface area contributed by atoms with E-state index in [-0.39, 0.29) is 34.7 Å². The summed E-state index contributed by atoms with van der Waals surface area (Å²) < 4.78 is 37.1. The topological polar surface area (TPSA) is 17.1 Å². The molecule has 1 aromatic rings. The van der Waals surface area contributed by atoms with E-state index in [0.717, 1.165) is 4.90 Å². The molecule has 0 atom stereocenters. The molecule has 0 spiro atoms. The van der Waals surface area contributed by atoms with Crippen molar-refractivity contribution in [3.8, 4) is 0 Å². The number of halogens is 4. The Balaban J connectivity index is 3.04. The number of Topliss-reactive ketones (excluding diaryl/α,β-unsaturated/α-hetero) is 1. The minimum absolute atomic E-state index is 0.0544. The highest BCUT2D eigenvalue weighted by Gasteiger charge is 2.30. The monoisotopic (exact) mass is 314 g/mol. The molecule has 0 aliphatic rings. The molecule has 0 heterocycles. The van der Waals surface area contributed by atoms with Crippen LogP contribution in [0, 0.1) is 0 Å². The van der Waals surface area contributed by atoms with E-state index in [1.165, 1.54) is 17.8 Å². The number of carbonyl (C=O) groups excluding carboxylic acids is 1. The van der Waals surface area contributed by atoms with Crippen LogP contribution < -0.4 is 0 Å². The zero-order valence-electron chi connectivity index (χ0n) is 9.38. The van der Waals surface area contributed by atoms with Gasteiger partial charge in [-0.25, -0.2) is 0 Å². The highest BCUT2D eigenvalue weighted by molar-refractivity contribution is 8.00. The number of rotatable bonds is 5. The smallest absolute Gasteiger partial charge is 0.298 e. The molecule has 0 saturated heterocycles. The zero-order valence-corrected chi connectivity index (χ0v) is 11.8. The van der Waals surface area contributed by atoms with Crippen molar-refractivity contribution < 1.29 is 18.0 Å². The maximum Gasteiger partial charge on any atom is 0.446 e. The van der Waals surface area contributed by atoms with Gasteiger partial charge >= 0.3 is 5.51 Å². The summed E-state index contributed by atoms with van der Waals surface area (Å²) in [5.74, 6) is -0.487. The first kappa shape index (κ1) is 15.7. The van der Waals surface area contributed by atoms with E-state index in [2.05, 4.69) is 0 Å². The summed E-state index contributed by atoms with van der Waals surface area (Å²) in [6, 6.07) is 4.59. The lowest BCUT2D eigenvalue weighted by atomic mass is 10.1. The average molecular weight is 315 g/mol. The van der Waals surface area contributed by atoms with Gasteiger partial charge in [0.1, 0.15) is 0 Å². The van der Waals surface area contributed by atoms with Crippen LogP contribution >= 0.6 is 35.1 Å². The molecular weight excluding hydrogens is 305 g/mol. The van der Waals surface area contributed by atoms with Crippen molar-refractivity contribution in [2.24, 2.45) is 0 Å². The first-order chi connectivity index (χ1) is 8.35. The Kier molecular flexibility index (Phi) is 5.88. The summed E-state index contributed by atoms with van der Waals surface area (Å²) >= 11 is 6.58. The van der Waals surface area contributed by atoms with Crippen molar-refractivity contribution in [1.29, 1.82) is 0 Å². The van der Waals surface area contributed by atoms with Crippen LogP contribution in [0.2, 0.25) is 0 Å². The van der Waals surface area contributed by atoms with Gasteiger partial charge in [-0.05, 0) is 41.8 Å². The molecule has 0 aliphatic heterocycles. The summed E-state index contributed by atoms with van der Waals surface area (Å²) in [4.78, 5) is 12.1. The van der Waals surface area contributed by atoms with Crippen LogP contribution in [0.15, 0.2) is 28.0 Å². The second-order valence-corrected chi connectivity index (χ2v) is 5.62. The molecule has 0 amide bonds. The first-order valence-electron chi connectivity index (χ1n) is 4.86. The molecule has 0 radical (unpaired) electrons. The molecule has 1 aromatic carbocycles. The second-order valence-electron chi connectivity index (χ2n) is 3.37. The van der Waals surface area contributed by atoms with Crippen molar-refractivity contribution in [2.75, 3.05) is 12.1 Å². The maximum atomic E-state index is 12.4. The van der Waals surface area contributed by atoms with E-state index in [1.807, 2.05) is 6.26 Å². The summed E-state index contributed by atoms with van der Waals surface area (Å²) in [7, 11) is 0. The molecule has 0 aromatic heterocycles. The molecule has 0 N–H and O–H groups in total. The van der Waals surface area contributed by atoms with Gasteiger partial charge in [0.25, 0.3) is 0 Å². The molecule has 7 heteroatoms. The molecule has 0 unspecified atom stereocenters. The molecule has 0 saturated carbocycles. The maximum absolute atomic E-state index is 12.4. The molecule has 0 aliphatic carbocycles. The average Bonchev–Trinajstić information content (AvgIpc) is 2.29. The minimum atomic E-state index is -4.36. The van der Waals surface area contributed by atoms with E-state index in [4.69, 9.17) is 11.6 Å². The highest BCUT2D eigenvalue weighted by Crippen LogP contribution is 2.39. The molecule has 1 nitrogen and oxygen atoms in total. The normalized spacial score (nSPS) is 11.6. The quantitative estimate of drug-likeness (QED) is 0.593. The van der Waals surface area contributed by atoms with Crippen molar-refractivity contribution in [2.45, 2.75) is 21.7 Å². The Morgan fingerprint density at radius 1 is 1.39 bits per heavy atom. The van der Waals surface area contributed by atoms with Gasteiger partial charge in [-0.3, -0.25) is 4.79 Å². The fourth-order valence-corrected chi connectivity index (χ4v) is 2.51. The number of hydrogen-bond acceptors (Lipinski definition) is 3. The Morgan fingerprint density at radius 3 is 2.56 bits per heavy atom. The van der Waals surface area contributed by atoms with Gasteiger partial charge in [0.05, 0.1) is 5.88 Å². The zero-order chi connectivity index (χ0) is 13.8. The summed E-state index contributed by atoms with van der Waals surface area (Å²) in [6.45, 7) is 0. The fourth-order valence-electron chi connectivity index (χ4n) is 1.30. The Labute approximate surface area is 116 Å². The number of carbonyl (C=O) groups is 1. The molecule has 18 heavy (non-hydrogen) atoms. The van der Waals surface area contributed by atoms with Crippen molar-refractivity contribution in [3.05, 3.63) is 23.8 Å². The van der Waals surface area contributed by atoms with Gasteiger partial charge in [-0.1, -0.05) is 0 Å². The number of ketones is 1. The number of thioether (sulfide) groups is 2. The third kappa shape index (κ3) is 5.12. The Morgan fingerprint density at radius 2 is 2.06 bits per heavy atom. The number of benzene rings is 1. The van der Waals surface area contributed by atoms with Crippen LogP contribution in [-0.4, -0.2) is 23.4 Å². The van der Waals surface area contributed by atoms with Crippen LogP contribution in [0.5, 0.6) is 0 Å². The van der Waals surface area contributed by atoms with Gasteiger partial charge in [0.2, 0.25) is 0 Å². The van der Waals surface area contributed by atoms with Crippen LogP contribution in [0.25, 0.3) is 0 Å². The number of alkyl halides is 4. The van der Waals surface area contributed by atoms with Crippen LogP contribution in [0.4, 0.5) is 13.2 Å². The predicted molar refractivity (Wildman–Crippen MR) is 69.6 cm³/mol. The van der Waals surface area contributed by atoms with Gasteiger partial charge in [-0.15, -0.1) is 23.4 Å². The van der Waals surface area contributed by atoms with Crippen molar-refractivity contribution >= 4 is 40.9 Å². The van der Waals surface area contributed by atoms with E-state index in [9.17, 15) is 18.0 Å². The lowest BCUT2D eigenvalue weighted by molar-refractivity contribution is -0.116. The molecule has 0 fully saturated rings. The van der Waals surface area contributed by atoms with Gasteiger partial charge in [0.15, 0.2) is 5.78 Å². The van der Waals surface area contributed by atoms with Gasteiger partial charge in [0, 0.05) is 16.2 Å². The molecule has 1 rings (SSSR count). The van der Waals surface area contributed by atoms with E-state index < -0.39 is 5.51 Å². The number of hydrogen-bond donors (Lipinski definition) is 0. The third-order valence-electron chi connectivity index (χ3n) is 2.03. The second kappa shape index (κ2) is 6.73.